The van der Waals surface area contributed by atoms with Crippen LogP contribution in [0, 0.1) is 32.6 Å². The molecule has 1 aliphatic carbocycles. The molecule has 0 radical (unpaired) electrons. The van der Waals surface area contributed by atoms with Crippen molar-refractivity contribution >= 4 is 22.9 Å². The lowest BCUT2D eigenvalue weighted by Gasteiger charge is -2.31. The van der Waals surface area contributed by atoms with Gasteiger partial charge in [-0.25, -0.2) is 19.5 Å². The molecule has 1 saturated carbocycles. The maximum absolute atomic E-state index is 13.2. The molecule has 3 aromatic rings. The first kappa shape index (κ1) is 20.6. The van der Waals surface area contributed by atoms with Crippen LogP contribution in [0.1, 0.15) is 65.8 Å². The first-order chi connectivity index (χ1) is 15.0. The second-order valence-corrected chi connectivity index (χ2v) is 10.0. The Balaban J connectivity index is 1.21. The van der Waals surface area contributed by atoms with Crippen molar-refractivity contribution in [1.82, 2.24) is 24.6 Å². The summed E-state index contributed by atoms with van der Waals surface area (Å²) in [6.45, 7) is 6.61. The molecule has 4 heterocycles. The van der Waals surface area contributed by atoms with E-state index in [-0.39, 0.29) is 17.9 Å². The summed E-state index contributed by atoms with van der Waals surface area (Å²) in [6, 6.07) is 2.20. The molecule has 0 aromatic carbocycles. The van der Waals surface area contributed by atoms with Crippen molar-refractivity contribution < 1.29 is 9.63 Å². The number of carbonyl (C=O) groups is 1. The molecule has 1 saturated heterocycles. The standard InChI is InChI=1S/C23H29N5O2S/c1-14-10-18(12-27-22(14)24-15(2)26-27)11-17-4-6-19(7-5-17)23(29)28-21(8-9-30-28)20-13-31-16(3)25-20/h10,12-13,17,19,21H,4-9,11H2,1-3H3/t17?,19?,21-/m0/s1. The maximum Gasteiger partial charge on any atom is 0.249 e. The molecule has 0 N–H and O–H groups in total. The monoisotopic (exact) mass is 439 g/mol. The lowest BCUT2D eigenvalue weighted by Crippen LogP contribution is -2.37. The van der Waals surface area contributed by atoms with Gasteiger partial charge in [0.1, 0.15) is 11.9 Å². The molecule has 2 aliphatic rings. The van der Waals surface area contributed by atoms with E-state index in [0.29, 0.717) is 12.5 Å². The van der Waals surface area contributed by atoms with Crippen molar-refractivity contribution in [2.24, 2.45) is 11.8 Å². The third-order valence-corrected chi connectivity index (χ3v) is 7.39. The van der Waals surface area contributed by atoms with Crippen LogP contribution >= 0.6 is 11.3 Å². The third kappa shape index (κ3) is 4.11. The number of rotatable bonds is 4. The molecule has 1 atom stereocenters. The summed E-state index contributed by atoms with van der Waals surface area (Å²) in [5.74, 6) is 1.59. The normalized spacial score (nSPS) is 24.2. The molecule has 5 rings (SSSR count). The van der Waals surface area contributed by atoms with Gasteiger partial charge < -0.3 is 0 Å². The molecule has 2 fully saturated rings. The smallest absolute Gasteiger partial charge is 0.249 e. The lowest BCUT2D eigenvalue weighted by atomic mass is 9.79. The fourth-order valence-corrected chi connectivity index (χ4v) is 5.71. The van der Waals surface area contributed by atoms with Gasteiger partial charge in [0.15, 0.2) is 5.65 Å². The number of hydroxylamine groups is 2. The Bertz CT molecular complexity index is 1100. The van der Waals surface area contributed by atoms with Crippen LogP contribution in [0.25, 0.3) is 5.65 Å². The van der Waals surface area contributed by atoms with Gasteiger partial charge in [0.05, 0.1) is 17.3 Å². The molecule has 1 aliphatic heterocycles. The van der Waals surface area contributed by atoms with E-state index in [1.165, 1.54) is 5.56 Å². The first-order valence-corrected chi connectivity index (χ1v) is 12.1. The minimum atomic E-state index is -0.0315. The van der Waals surface area contributed by atoms with Crippen LogP contribution in [0.2, 0.25) is 0 Å². The highest BCUT2D eigenvalue weighted by Gasteiger charge is 2.38. The van der Waals surface area contributed by atoms with Gasteiger partial charge in [0.25, 0.3) is 0 Å². The van der Waals surface area contributed by atoms with Gasteiger partial charge in [-0.2, -0.15) is 5.10 Å². The van der Waals surface area contributed by atoms with Crippen LogP contribution < -0.4 is 0 Å². The van der Waals surface area contributed by atoms with Crippen molar-refractivity contribution in [3.63, 3.8) is 0 Å². The number of hydrogen-bond donors (Lipinski definition) is 0. The lowest BCUT2D eigenvalue weighted by molar-refractivity contribution is -0.183. The van der Waals surface area contributed by atoms with Crippen LogP contribution in [-0.4, -0.2) is 37.2 Å². The van der Waals surface area contributed by atoms with Gasteiger partial charge in [0.2, 0.25) is 5.91 Å². The molecule has 0 bridgehead atoms. The van der Waals surface area contributed by atoms with Gasteiger partial charge in [-0.1, -0.05) is 6.07 Å². The number of hydrogen-bond acceptors (Lipinski definition) is 6. The van der Waals surface area contributed by atoms with Gasteiger partial charge in [-0.3, -0.25) is 9.63 Å². The Kier molecular flexibility index (Phi) is 5.52. The number of nitrogens with zero attached hydrogens (tertiary/aromatic N) is 5. The highest BCUT2D eigenvalue weighted by Crippen LogP contribution is 2.37. The molecular formula is C23H29N5O2S. The summed E-state index contributed by atoms with van der Waals surface area (Å²) in [7, 11) is 0. The number of amides is 1. The summed E-state index contributed by atoms with van der Waals surface area (Å²) in [6.07, 6.45) is 7.95. The summed E-state index contributed by atoms with van der Waals surface area (Å²) in [4.78, 5) is 28.0. The van der Waals surface area contributed by atoms with Crippen molar-refractivity contribution in [3.05, 3.63) is 45.3 Å². The number of carbonyl (C=O) groups excluding carboxylic acids is 1. The van der Waals surface area contributed by atoms with Crippen LogP contribution in [0.3, 0.4) is 0 Å². The molecule has 0 unspecified atom stereocenters. The minimum Gasteiger partial charge on any atom is -0.272 e. The third-order valence-electron chi connectivity index (χ3n) is 6.60. The van der Waals surface area contributed by atoms with E-state index in [9.17, 15) is 4.79 Å². The molecule has 3 aromatic heterocycles. The Morgan fingerprint density at radius 1 is 1.16 bits per heavy atom. The van der Waals surface area contributed by atoms with E-state index in [4.69, 9.17) is 4.84 Å². The predicted molar refractivity (Wildman–Crippen MR) is 119 cm³/mol. The van der Waals surface area contributed by atoms with Gasteiger partial charge in [0, 0.05) is 23.9 Å². The van der Waals surface area contributed by atoms with E-state index in [2.05, 4.69) is 39.6 Å². The summed E-state index contributed by atoms with van der Waals surface area (Å²) in [5.41, 5.74) is 4.37. The minimum absolute atomic E-state index is 0.0315. The molecule has 164 valence electrons. The van der Waals surface area contributed by atoms with E-state index in [0.717, 1.165) is 66.3 Å². The van der Waals surface area contributed by atoms with Crippen molar-refractivity contribution in [1.29, 1.82) is 0 Å². The first-order valence-electron chi connectivity index (χ1n) is 11.2. The Hall–Kier alpha value is -2.32. The quantitative estimate of drug-likeness (QED) is 0.604. The molecule has 7 nitrogen and oxygen atoms in total. The predicted octanol–water partition coefficient (Wildman–Crippen LogP) is 4.37. The number of pyridine rings is 1. The molecule has 0 spiro atoms. The van der Waals surface area contributed by atoms with Crippen molar-refractivity contribution in [3.8, 4) is 0 Å². The average molecular weight is 440 g/mol. The summed E-state index contributed by atoms with van der Waals surface area (Å²) in [5, 5.41) is 9.20. The van der Waals surface area contributed by atoms with Crippen molar-refractivity contribution in [2.75, 3.05) is 6.61 Å². The Morgan fingerprint density at radius 3 is 2.71 bits per heavy atom. The van der Waals surface area contributed by atoms with Crippen LogP contribution in [0.5, 0.6) is 0 Å². The molecular weight excluding hydrogens is 410 g/mol. The van der Waals surface area contributed by atoms with E-state index in [1.807, 2.05) is 18.4 Å². The number of fused-ring (bicyclic) bond motifs is 1. The zero-order chi connectivity index (χ0) is 21.5. The van der Waals surface area contributed by atoms with Crippen LogP contribution in [0.4, 0.5) is 0 Å². The topological polar surface area (TPSA) is 72.6 Å². The van der Waals surface area contributed by atoms with Gasteiger partial charge >= 0.3 is 0 Å². The SMILES string of the molecule is Cc1nc2c(C)cc(CC3CCC(C(=O)N4OCC[C@H]4c4csc(C)n4)CC3)cn2n1. The number of thiazole rings is 1. The molecule has 31 heavy (non-hydrogen) atoms. The number of aryl methyl sites for hydroxylation is 3. The fraction of sp³-hybridized carbons (Fsp3) is 0.565. The molecule has 8 heteroatoms. The second-order valence-electron chi connectivity index (χ2n) is 8.97. The van der Waals surface area contributed by atoms with E-state index < -0.39 is 0 Å². The zero-order valence-corrected chi connectivity index (χ0v) is 19.2. The van der Waals surface area contributed by atoms with Gasteiger partial charge in [-0.15, -0.1) is 11.3 Å². The van der Waals surface area contributed by atoms with Gasteiger partial charge in [-0.05, 0) is 69.9 Å². The highest BCUT2D eigenvalue weighted by atomic mass is 32.1. The second kappa shape index (κ2) is 8.31. The van der Waals surface area contributed by atoms with Crippen molar-refractivity contribution in [2.45, 2.75) is 65.3 Å². The van der Waals surface area contributed by atoms with Crippen LogP contribution in [0.15, 0.2) is 17.6 Å². The average Bonchev–Trinajstić information content (AvgIpc) is 3.47. The summed E-state index contributed by atoms with van der Waals surface area (Å²) < 4.78 is 1.90. The maximum atomic E-state index is 13.2. The number of aromatic nitrogens is 4. The largest absolute Gasteiger partial charge is 0.272 e. The van der Waals surface area contributed by atoms with E-state index in [1.54, 1.807) is 16.4 Å². The fourth-order valence-electron chi connectivity index (χ4n) is 5.05. The Morgan fingerprint density at radius 2 is 1.97 bits per heavy atom. The highest BCUT2D eigenvalue weighted by molar-refractivity contribution is 7.09. The van der Waals surface area contributed by atoms with Crippen LogP contribution in [-0.2, 0) is 16.1 Å². The van der Waals surface area contributed by atoms with E-state index >= 15 is 0 Å². The zero-order valence-electron chi connectivity index (χ0n) is 18.4. The Labute approximate surface area is 186 Å². The summed E-state index contributed by atoms with van der Waals surface area (Å²) >= 11 is 1.63. The molecule has 1 amide bonds.